The van der Waals surface area contributed by atoms with E-state index < -0.39 is 0 Å². The van der Waals surface area contributed by atoms with Crippen LogP contribution in [0.1, 0.15) is 32.3 Å². The first kappa shape index (κ1) is 11.6. The van der Waals surface area contributed by atoms with Gasteiger partial charge in [0.1, 0.15) is 5.82 Å². The molecule has 1 heterocycles. The summed E-state index contributed by atoms with van der Waals surface area (Å²) < 4.78 is 12.8. The Morgan fingerprint density at radius 1 is 1.12 bits per heavy atom. The van der Waals surface area contributed by atoms with Gasteiger partial charge in [0.2, 0.25) is 0 Å². The summed E-state index contributed by atoms with van der Waals surface area (Å²) in [4.78, 5) is 2.54. The Kier molecular flexibility index (Phi) is 3.29. The van der Waals surface area contributed by atoms with Crippen LogP contribution in [0.3, 0.4) is 0 Å². The molecule has 0 unspecified atom stereocenters. The van der Waals surface area contributed by atoms with Crippen LogP contribution in [0.5, 0.6) is 0 Å². The molecule has 2 heteroatoms. The molecular formula is C14H20FN. The molecule has 0 saturated carbocycles. The number of nitrogens with zero attached hydrogens (tertiary/aromatic N) is 1. The van der Waals surface area contributed by atoms with Gasteiger partial charge in [-0.15, -0.1) is 0 Å². The molecule has 0 spiro atoms. The molecule has 0 bridgehead atoms. The molecule has 1 nitrogen and oxygen atoms in total. The molecular weight excluding hydrogens is 201 g/mol. The van der Waals surface area contributed by atoms with Crippen molar-refractivity contribution in [2.45, 2.75) is 38.6 Å². The second kappa shape index (κ2) is 4.54. The molecule has 0 radical (unpaired) electrons. The fraction of sp³-hybridized carbons (Fsp3) is 0.571. The summed E-state index contributed by atoms with van der Waals surface area (Å²) in [5.74, 6) is -0.150. The minimum absolute atomic E-state index is 0.150. The minimum Gasteiger partial charge on any atom is -0.298 e. The summed E-state index contributed by atoms with van der Waals surface area (Å²) in [6.07, 6.45) is 3.62. The summed E-state index contributed by atoms with van der Waals surface area (Å²) in [5.41, 5.74) is 1.41. The van der Waals surface area contributed by atoms with Gasteiger partial charge in [-0.3, -0.25) is 4.90 Å². The molecule has 2 rings (SSSR count). The van der Waals surface area contributed by atoms with Crippen LogP contribution in [0.2, 0.25) is 0 Å². The van der Waals surface area contributed by atoms with Crippen molar-refractivity contribution in [2.24, 2.45) is 0 Å². The van der Waals surface area contributed by atoms with Crippen LogP contribution in [0.15, 0.2) is 24.3 Å². The average Bonchev–Trinajstić information content (AvgIpc) is 2.75. The molecule has 0 amide bonds. The summed E-state index contributed by atoms with van der Waals surface area (Å²) in [5, 5.41) is 0. The van der Waals surface area contributed by atoms with Crippen LogP contribution in [-0.2, 0) is 6.42 Å². The average molecular weight is 221 g/mol. The molecule has 1 aliphatic rings. The van der Waals surface area contributed by atoms with E-state index in [9.17, 15) is 4.39 Å². The number of likely N-dealkylation sites (tertiary alicyclic amines) is 1. The highest BCUT2D eigenvalue weighted by atomic mass is 19.1. The maximum absolute atomic E-state index is 12.8. The Hall–Kier alpha value is -0.890. The molecule has 1 aromatic rings. The lowest BCUT2D eigenvalue weighted by Crippen LogP contribution is -2.43. The van der Waals surface area contributed by atoms with Crippen molar-refractivity contribution < 1.29 is 4.39 Å². The third-order valence-corrected chi connectivity index (χ3v) is 3.51. The number of benzene rings is 1. The molecule has 0 aliphatic carbocycles. The van der Waals surface area contributed by atoms with Crippen LogP contribution in [0, 0.1) is 5.82 Å². The third kappa shape index (κ3) is 2.62. The van der Waals surface area contributed by atoms with Crippen LogP contribution in [0.25, 0.3) is 0 Å². The highest BCUT2D eigenvalue weighted by Crippen LogP contribution is 2.24. The van der Waals surface area contributed by atoms with Gasteiger partial charge in [-0.05, 0) is 63.9 Å². The molecule has 1 saturated heterocycles. The van der Waals surface area contributed by atoms with Crippen LogP contribution in [0.4, 0.5) is 4.39 Å². The fourth-order valence-corrected chi connectivity index (χ4v) is 2.54. The quantitative estimate of drug-likeness (QED) is 0.757. The molecule has 0 aromatic heterocycles. The van der Waals surface area contributed by atoms with Gasteiger partial charge < -0.3 is 0 Å². The van der Waals surface area contributed by atoms with Gasteiger partial charge in [0, 0.05) is 5.54 Å². The zero-order chi connectivity index (χ0) is 11.6. The first-order chi connectivity index (χ1) is 7.58. The summed E-state index contributed by atoms with van der Waals surface area (Å²) in [6, 6.07) is 6.89. The Morgan fingerprint density at radius 2 is 1.69 bits per heavy atom. The minimum atomic E-state index is -0.150. The van der Waals surface area contributed by atoms with E-state index in [1.807, 2.05) is 12.1 Å². The van der Waals surface area contributed by atoms with Gasteiger partial charge in [0.05, 0.1) is 0 Å². The van der Waals surface area contributed by atoms with Crippen LogP contribution >= 0.6 is 0 Å². The lowest BCUT2D eigenvalue weighted by atomic mass is 9.93. The largest absolute Gasteiger partial charge is 0.298 e. The van der Waals surface area contributed by atoms with E-state index in [-0.39, 0.29) is 11.4 Å². The zero-order valence-electron chi connectivity index (χ0n) is 10.2. The third-order valence-electron chi connectivity index (χ3n) is 3.51. The lowest BCUT2D eigenvalue weighted by Gasteiger charge is -2.35. The Labute approximate surface area is 97.3 Å². The van der Waals surface area contributed by atoms with Gasteiger partial charge in [-0.2, -0.15) is 0 Å². The number of hydrogen-bond donors (Lipinski definition) is 0. The zero-order valence-corrected chi connectivity index (χ0v) is 10.2. The highest BCUT2D eigenvalue weighted by molar-refractivity contribution is 5.18. The number of hydrogen-bond acceptors (Lipinski definition) is 1. The Balaban J connectivity index is 2.04. The maximum atomic E-state index is 12.8. The van der Waals surface area contributed by atoms with Crippen molar-refractivity contribution >= 4 is 0 Å². The van der Waals surface area contributed by atoms with Gasteiger partial charge in [-0.1, -0.05) is 12.1 Å². The van der Waals surface area contributed by atoms with E-state index in [0.717, 1.165) is 6.42 Å². The van der Waals surface area contributed by atoms with Crippen molar-refractivity contribution in [1.82, 2.24) is 4.90 Å². The lowest BCUT2D eigenvalue weighted by molar-refractivity contribution is 0.154. The van der Waals surface area contributed by atoms with E-state index in [1.54, 1.807) is 12.1 Å². The normalized spacial score (nSPS) is 17.9. The fourth-order valence-electron chi connectivity index (χ4n) is 2.54. The van der Waals surface area contributed by atoms with Gasteiger partial charge >= 0.3 is 0 Å². The topological polar surface area (TPSA) is 3.24 Å². The van der Waals surface area contributed by atoms with E-state index in [2.05, 4.69) is 18.7 Å². The van der Waals surface area contributed by atoms with E-state index in [1.165, 1.54) is 31.5 Å². The molecule has 16 heavy (non-hydrogen) atoms. The maximum Gasteiger partial charge on any atom is 0.123 e. The molecule has 0 atom stereocenters. The predicted molar refractivity (Wildman–Crippen MR) is 65.0 cm³/mol. The second-order valence-electron chi connectivity index (χ2n) is 5.31. The first-order valence-corrected chi connectivity index (χ1v) is 6.07. The molecule has 0 N–H and O–H groups in total. The van der Waals surface area contributed by atoms with Gasteiger partial charge in [0.15, 0.2) is 0 Å². The molecule has 1 fully saturated rings. The Bertz CT molecular complexity index is 336. The predicted octanol–water partition coefficient (Wildman–Crippen LogP) is 3.24. The summed E-state index contributed by atoms with van der Waals surface area (Å²) >= 11 is 0. The van der Waals surface area contributed by atoms with Crippen molar-refractivity contribution in [2.75, 3.05) is 13.1 Å². The molecule has 1 aromatic carbocycles. The number of rotatable bonds is 3. The molecule has 1 aliphatic heterocycles. The van der Waals surface area contributed by atoms with E-state index >= 15 is 0 Å². The Morgan fingerprint density at radius 3 is 2.25 bits per heavy atom. The van der Waals surface area contributed by atoms with Gasteiger partial charge in [0.25, 0.3) is 0 Å². The van der Waals surface area contributed by atoms with Gasteiger partial charge in [-0.25, -0.2) is 4.39 Å². The van der Waals surface area contributed by atoms with Crippen molar-refractivity contribution in [3.05, 3.63) is 35.6 Å². The second-order valence-corrected chi connectivity index (χ2v) is 5.31. The summed E-state index contributed by atoms with van der Waals surface area (Å²) in [7, 11) is 0. The monoisotopic (exact) mass is 221 g/mol. The summed E-state index contributed by atoms with van der Waals surface area (Å²) in [6.45, 7) is 6.96. The number of halogens is 1. The highest BCUT2D eigenvalue weighted by Gasteiger charge is 2.28. The van der Waals surface area contributed by atoms with Crippen LogP contribution < -0.4 is 0 Å². The van der Waals surface area contributed by atoms with E-state index in [4.69, 9.17) is 0 Å². The van der Waals surface area contributed by atoms with E-state index in [0.29, 0.717) is 0 Å². The van der Waals surface area contributed by atoms with Crippen molar-refractivity contribution in [3.63, 3.8) is 0 Å². The standard InChI is InChI=1S/C14H20FN/c1-14(2,16-9-3-4-10-16)11-12-5-7-13(15)8-6-12/h5-8H,3-4,9-11H2,1-2H3. The smallest absolute Gasteiger partial charge is 0.123 e. The first-order valence-electron chi connectivity index (χ1n) is 6.07. The molecule has 88 valence electrons. The van der Waals surface area contributed by atoms with Crippen LogP contribution in [-0.4, -0.2) is 23.5 Å². The van der Waals surface area contributed by atoms with Crippen molar-refractivity contribution in [3.8, 4) is 0 Å². The SMILES string of the molecule is CC(C)(Cc1ccc(F)cc1)N1CCCC1. The van der Waals surface area contributed by atoms with Crippen molar-refractivity contribution in [1.29, 1.82) is 0 Å².